The number of amidine groups is 1. The Hall–Kier alpha value is -4.20. The van der Waals surface area contributed by atoms with Gasteiger partial charge < -0.3 is 15.3 Å². The summed E-state index contributed by atoms with van der Waals surface area (Å²) in [5.74, 6) is 6.17. The molecule has 4 heterocycles. The number of carbonyl (C=O) groups is 2. The summed E-state index contributed by atoms with van der Waals surface area (Å²) in [6, 6.07) is 8.01. The third-order valence-electron chi connectivity index (χ3n) is 8.23. The Morgan fingerprint density at radius 2 is 1.90 bits per heavy atom. The molecule has 10 nitrogen and oxygen atoms in total. The highest BCUT2D eigenvalue weighted by Gasteiger charge is 2.49. The second-order valence-corrected chi connectivity index (χ2v) is 11.0. The van der Waals surface area contributed by atoms with Crippen LogP contribution in [-0.2, 0) is 11.0 Å². The molecule has 0 spiro atoms. The van der Waals surface area contributed by atoms with Gasteiger partial charge in [-0.15, -0.1) is 4.59 Å². The summed E-state index contributed by atoms with van der Waals surface area (Å²) in [5, 5.41) is 13.0. The summed E-state index contributed by atoms with van der Waals surface area (Å²) in [6.07, 6.45) is 4.71. The van der Waals surface area contributed by atoms with Crippen molar-refractivity contribution in [3.8, 4) is 0 Å². The minimum atomic E-state index is -4.56. The first-order valence-electron chi connectivity index (χ1n) is 13.7. The SMILES string of the molecule is N[N+]12C=CN=CC1=C(C1CCCN(C(=O)C3(O)CCC3)C1)N=C2c1ccc(C(=O)Nc2cc(C(F)(F)F)ccn2)cc1. The summed E-state index contributed by atoms with van der Waals surface area (Å²) in [7, 11) is 0. The lowest BCUT2D eigenvalue weighted by atomic mass is 9.78. The van der Waals surface area contributed by atoms with E-state index in [9.17, 15) is 27.9 Å². The Morgan fingerprint density at radius 1 is 1.14 bits per heavy atom. The predicted octanol–water partition coefficient (Wildman–Crippen LogP) is 3.72. The second-order valence-electron chi connectivity index (χ2n) is 11.0. The van der Waals surface area contributed by atoms with E-state index in [2.05, 4.69) is 15.3 Å². The zero-order valence-electron chi connectivity index (χ0n) is 22.5. The van der Waals surface area contributed by atoms with Crippen molar-refractivity contribution in [2.45, 2.75) is 43.9 Å². The lowest BCUT2D eigenvalue weighted by Crippen LogP contribution is -2.55. The normalized spacial score (nSPS) is 24.6. The average molecular weight is 581 g/mol. The Labute approximate surface area is 239 Å². The quantitative estimate of drug-likeness (QED) is 0.366. The number of halogens is 3. The van der Waals surface area contributed by atoms with Crippen molar-refractivity contribution in [2.24, 2.45) is 21.7 Å². The first-order valence-corrected chi connectivity index (χ1v) is 13.7. The molecule has 4 N–H and O–H groups in total. The fraction of sp³-hybridized carbons (Fsp3) is 0.345. The second kappa shape index (κ2) is 10.3. The number of likely N-dealkylation sites (tertiary alicyclic amines) is 1. The molecular weight excluding hydrogens is 551 g/mol. The van der Waals surface area contributed by atoms with Gasteiger partial charge in [0.2, 0.25) is 5.70 Å². The van der Waals surface area contributed by atoms with Crippen molar-refractivity contribution in [2.75, 3.05) is 18.4 Å². The van der Waals surface area contributed by atoms with E-state index in [0.29, 0.717) is 43.0 Å². The van der Waals surface area contributed by atoms with Gasteiger partial charge in [-0.25, -0.2) is 4.98 Å². The van der Waals surface area contributed by atoms with Gasteiger partial charge in [0.15, 0.2) is 0 Å². The van der Waals surface area contributed by atoms with Gasteiger partial charge >= 0.3 is 6.18 Å². The maximum atomic E-state index is 13.0. The number of alkyl halides is 3. The zero-order valence-corrected chi connectivity index (χ0v) is 22.5. The lowest BCUT2D eigenvalue weighted by Gasteiger charge is -2.42. The van der Waals surface area contributed by atoms with Crippen LogP contribution in [0.15, 0.2) is 76.4 Å². The van der Waals surface area contributed by atoms with Crippen molar-refractivity contribution in [3.63, 3.8) is 0 Å². The van der Waals surface area contributed by atoms with Crippen LogP contribution in [0.2, 0.25) is 0 Å². The van der Waals surface area contributed by atoms with Gasteiger partial charge in [0.25, 0.3) is 17.6 Å². The Kier molecular flexibility index (Phi) is 6.83. The highest BCUT2D eigenvalue weighted by Crippen LogP contribution is 2.39. The molecular formula is C29H29F3N7O3+. The molecule has 218 valence electrons. The molecule has 2 fully saturated rings. The number of amides is 2. The number of quaternary nitrogens is 1. The fourth-order valence-electron chi connectivity index (χ4n) is 5.75. The average Bonchev–Trinajstić information content (AvgIpc) is 3.28. The smallest absolute Gasteiger partial charge is 0.380 e. The molecule has 1 saturated carbocycles. The monoisotopic (exact) mass is 580 g/mol. The van der Waals surface area contributed by atoms with E-state index in [1.165, 1.54) is 12.1 Å². The minimum absolute atomic E-state index is 0.108. The number of pyridine rings is 1. The molecule has 4 aliphatic rings. The molecule has 2 aromatic rings. The standard InChI is InChI=1S/C29H28F3N7O3/c30-29(31,32)21-8-11-35-23(15-21)36-26(40)19-6-4-18(5-7-19)25-37-24(22-16-34-12-14-39(22,25)33)20-3-1-13-38(17-20)27(41)28(42)9-2-10-28/h4-8,11-12,14-16,20,42H,1-3,9-10,13,17,33H2/p+1. The van der Waals surface area contributed by atoms with Gasteiger partial charge in [-0.3, -0.25) is 14.6 Å². The van der Waals surface area contributed by atoms with Crippen molar-refractivity contribution in [3.05, 3.63) is 83.1 Å². The van der Waals surface area contributed by atoms with Crippen LogP contribution in [-0.4, -0.2) is 62.1 Å². The summed E-state index contributed by atoms with van der Waals surface area (Å²) in [6.45, 7) is 0.990. The molecule has 3 aliphatic heterocycles. The molecule has 1 aliphatic carbocycles. The molecule has 2 unspecified atom stereocenters. The van der Waals surface area contributed by atoms with Gasteiger partial charge in [0.1, 0.15) is 23.3 Å². The summed E-state index contributed by atoms with van der Waals surface area (Å²) in [5.41, 5.74) is 0.0483. The molecule has 0 bridgehead atoms. The van der Waals surface area contributed by atoms with Crippen molar-refractivity contribution >= 4 is 29.7 Å². The number of carbonyl (C=O) groups excluding carboxylic acids is 2. The number of fused-ring (bicyclic) bond motifs is 1. The van der Waals surface area contributed by atoms with Crippen molar-refractivity contribution < 1.29 is 32.5 Å². The number of benzene rings is 1. The van der Waals surface area contributed by atoms with Crippen LogP contribution in [0.3, 0.4) is 0 Å². The number of aromatic nitrogens is 1. The van der Waals surface area contributed by atoms with Crippen LogP contribution < -0.4 is 11.2 Å². The molecule has 1 aromatic heterocycles. The maximum absolute atomic E-state index is 13.0. The summed E-state index contributed by atoms with van der Waals surface area (Å²) >= 11 is 0. The molecule has 1 saturated heterocycles. The van der Waals surface area contributed by atoms with Crippen LogP contribution in [0.4, 0.5) is 19.0 Å². The van der Waals surface area contributed by atoms with Gasteiger partial charge in [0, 0.05) is 30.8 Å². The number of piperidine rings is 1. The number of hydrogen-bond donors (Lipinski definition) is 3. The predicted molar refractivity (Wildman–Crippen MR) is 147 cm³/mol. The van der Waals surface area contributed by atoms with Gasteiger partial charge in [-0.2, -0.15) is 24.0 Å². The molecule has 1 aromatic carbocycles. The number of aliphatic imine (C=N–C) groups is 2. The first kappa shape index (κ1) is 27.9. The Morgan fingerprint density at radius 3 is 2.60 bits per heavy atom. The molecule has 6 rings (SSSR count). The maximum Gasteiger partial charge on any atom is 0.416 e. The van der Waals surface area contributed by atoms with Crippen LogP contribution >= 0.6 is 0 Å². The molecule has 13 heteroatoms. The Balaban J connectivity index is 1.23. The van der Waals surface area contributed by atoms with Gasteiger partial charge in [-0.1, -0.05) is 0 Å². The first-order chi connectivity index (χ1) is 20.0. The third kappa shape index (κ3) is 4.93. The summed E-state index contributed by atoms with van der Waals surface area (Å²) < 4.78 is 38.8. The third-order valence-corrected chi connectivity index (χ3v) is 8.23. The highest BCUT2D eigenvalue weighted by molar-refractivity contribution is 6.05. The van der Waals surface area contributed by atoms with E-state index in [4.69, 9.17) is 10.8 Å². The van der Waals surface area contributed by atoms with Gasteiger partial charge in [0.05, 0.1) is 23.5 Å². The number of aliphatic hydroxyl groups is 1. The van der Waals surface area contributed by atoms with E-state index in [-0.39, 0.29) is 27.8 Å². The fourth-order valence-corrected chi connectivity index (χ4v) is 5.75. The van der Waals surface area contributed by atoms with Gasteiger partial charge in [-0.05, 0) is 68.5 Å². The molecule has 2 atom stereocenters. The van der Waals surface area contributed by atoms with E-state index in [1.807, 2.05) is 0 Å². The molecule has 42 heavy (non-hydrogen) atoms. The number of nitrogens with zero attached hydrogens (tertiary/aromatic N) is 5. The largest absolute Gasteiger partial charge is 0.416 e. The summed E-state index contributed by atoms with van der Waals surface area (Å²) in [4.78, 5) is 40.5. The zero-order chi connectivity index (χ0) is 29.7. The minimum Gasteiger partial charge on any atom is -0.380 e. The molecule has 0 radical (unpaired) electrons. The number of rotatable bonds is 5. The topological polar surface area (TPSA) is 133 Å². The van der Waals surface area contributed by atoms with E-state index in [0.717, 1.165) is 43.3 Å². The molecule has 2 amide bonds. The van der Waals surface area contributed by atoms with Crippen molar-refractivity contribution in [1.29, 1.82) is 0 Å². The van der Waals surface area contributed by atoms with Crippen molar-refractivity contribution in [1.82, 2.24) is 9.88 Å². The Bertz CT molecular complexity index is 1560. The van der Waals surface area contributed by atoms with E-state index < -0.39 is 23.2 Å². The van der Waals surface area contributed by atoms with E-state index in [1.54, 1.807) is 35.6 Å². The highest BCUT2D eigenvalue weighted by atomic mass is 19.4. The van der Waals surface area contributed by atoms with Crippen LogP contribution in [0.25, 0.3) is 0 Å². The number of allylic oxidation sites excluding steroid dienone is 1. The lowest BCUT2D eigenvalue weighted by molar-refractivity contribution is -0.750. The number of nitrogens with two attached hydrogens (primary N) is 1. The number of nitrogens with one attached hydrogen (secondary N) is 1. The van der Waals surface area contributed by atoms with Crippen LogP contribution in [0.5, 0.6) is 0 Å². The number of anilines is 1. The number of hydrogen-bond acceptors (Lipinski definition) is 7. The van der Waals surface area contributed by atoms with E-state index >= 15 is 0 Å². The van der Waals surface area contributed by atoms with Crippen LogP contribution in [0.1, 0.15) is 53.6 Å². The van der Waals surface area contributed by atoms with Crippen LogP contribution in [0, 0.1) is 5.92 Å².